The molecule has 1 saturated heterocycles. The van der Waals surface area contributed by atoms with Crippen molar-refractivity contribution in [2.24, 2.45) is 0 Å². The maximum absolute atomic E-state index is 13.5. The van der Waals surface area contributed by atoms with Gasteiger partial charge in [0.2, 0.25) is 10.0 Å². The van der Waals surface area contributed by atoms with E-state index in [4.69, 9.17) is 0 Å². The SMILES string of the molecule is Cc1ccc(S(=O)(=O)N2CCC(C)(O)CC2)cc1F. The summed E-state index contributed by atoms with van der Waals surface area (Å²) in [5.74, 6) is -0.523. The first-order chi connectivity index (χ1) is 8.72. The van der Waals surface area contributed by atoms with E-state index in [-0.39, 0.29) is 18.0 Å². The van der Waals surface area contributed by atoms with E-state index >= 15 is 0 Å². The molecule has 0 spiro atoms. The van der Waals surface area contributed by atoms with Crippen LogP contribution in [0.1, 0.15) is 25.3 Å². The van der Waals surface area contributed by atoms with Gasteiger partial charge in [-0.25, -0.2) is 12.8 Å². The summed E-state index contributed by atoms with van der Waals surface area (Å²) in [5.41, 5.74) is -0.398. The van der Waals surface area contributed by atoms with Gasteiger partial charge in [-0.3, -0.25) is 0 Å². The number of nitrogens with zero attached hydrogens (tertiary/aromatic N) is 1. The van der Waals surface area contributed by atoms with Gasteiger partial charge in [-0.1, -0.05) is 6.07 Å². The van der Waals surface area contributed by atoms with Crippen molar-refractivity contribution in [2.75, 3.05) is 13.1 Å². The zero-order chi connectivity index (χ0) is 14.3. The number of hydrogen-bond acceptors (Lipinski definition) is 3. The molecule has 0 bridgehead atoms. The highest BCUT2D eigenvalue weighted by Gasteiger charge is 2.34. The van der Waals surface area contributed by atoms with Gasteiger partial charge in [0.1, 0.15) is 5.82 Å². The quantitative estimate of drug-likeness (QED) is 0.900. The maximum atomic E-state index is 13.5. The van der Waals surface area contributed by atoms with Crippen LogP contribution in [0.4, 0.5) is 4.39 Å². The minimum absolute atomic E-state index is 0.0304. The van der Waals surface area contributed by atoms with Gasteiger partial charge in [0.25, 0.3) is 0 Å². The van der Waals surface area contributed by atoms with Crippen molar-refractivity contribution in [3.8, 4) is 0 Å². The molecule has 2 rings (SSSR count). The van der Waals surface area contributed by atoms with Gasteiger partial charge in [0.05, 0.1) is 10.5 Å². The van der Waals surface area contributed by atoms with E-state index in [0.717, 1.165) is 6.07 Å². The normalized spacial score (nSPS) is 20.4. The molecule has 0 saturated carbocycles. The van der Waals surface area contributed by atoms with Crippen LogP contribution < -0.4 is 0 Å². The average Bonchev–Trinajstić information content (AvgIpc) is 2.32. The molecule has 1 fully saturated rings. The van der Waals surface area contributed by atoms with Crippen molar-refractivity contribution < 1.29 is 17.9 Å². The zero-order valence-electron chi connectivity index (χ0n) is 11.1. The number of aryl methyl sites for hydroxylation is 1. The molecule has 106 valence electrons. The van der Waals surface area contributed by atoms with E-state index in [1.54, 1.807) is 13.8 Å². The Bertz CT molecular complexity index is 574. The maximum Gasteiger partial charge on any atom is 0.243 e. The molecule has 19 heavy (non-hydrogen) atoms. The number of halogens is 1. The van der Waals surface area contributed by atoms with Crippen LogP contribution in [0.25, 0.3) is 0 Å². The lowest BCUT2D eigenvalue weighted by molar-refractivity contribution is 0.0126. The second-order valence-corrected chi connectivity index (χ2v) is 7.25. The molecule has 1 aliphatic rings. The fraction of sp³-hybridized carbons (Fsp3) is 0.538. The molecule has 0 atom stereocenters. The molecule has 1 aromatic rings. The van der Waals surface area contributed by atoms with Gasteiger partial charge in [-0.2, -0.15) is 4.31 Å². The average molecular weight is 287 g/mol. The summed E-state index contributed by atoms with van der Waals surface area (Å²) >= 11 is 0. The first-order valence-electron chi connectivity index (χ1n) is 6.21. The molecule has 1 heterocycles. The van der Waals surface area contributed by atoms with Gasteiger partial charge in [0.15, 0.2) is 0 Å². The van der Waals surface area contributed by atoms with Crippen LogP contribution in [0.5, 0.6) is 0 Å². The minimum atomic E-state index is -3.67. The number of aliphatic hydroxyl groups is 1. The lowest BCUT2D eigenvalue weighted by atomic mass is 9.95. The van der Waals surface area contributed by atoms with Crippen molar-refractivity contribution >= 4 is 10.0 Å². The van der Waals surface area contributed by atoms with Crippen molar-refractivity contribution in [1.29, 1.82) is 0 Å². The Morgan fingerprint density at radius 3 is 2.42 bits per heavy atom. The van der Waals surface area contributed by atoms with E-state index in [0.29, 0.717) is 18.4 Å². The van der Waals surface area contributed by atoms with E-state index in [1.165, 1.54) is 16.4 Å². The first-order valence-corrected chi connectivity index (χ1v) is 7.65. The lowest BCUT2D eigenvalue weighted by Crippen LogP contribution is -2.45. The molecular formula is C13H18FNO3S. The molecule has 0 amide bonds. The Hall–Kier alpha value is -0.980. The van der Waals surface area contributed by atoms with Gasteiger partial charge in [-0.05, 0) is 44.4 Å². The molecular weight excluding hydrogens is 269 g/mol. The summed E-state index contributed by atoms with van der Waals surface area (Å²) in [7, 11) is -3.67. The van der Waals surface area contributed by atoms with Crippen molar-refractivity contribution in [3.63, 3.8) is 0 Å². The number of benzene rings is 1. The monoisotopic (exact) mass is 287 g/mol. The van der Waals surface area contributed by atoms with Crippen LogP contribution >= 0.6 is 0 Å². The summed E-state index contributed by atoms with van der Waals surface area (Å²) < 4.78 is 39.5. The van der Waals surface area contributed by atoms with Crippen LogP contribution in [0, 0.1) is 12.7 Å². The molecule has 0 aliphatic carbocycles. The van der Waals surface area contributed by atoms with Gasteiger partial charge in [0, 0.05) is 13.1 Å². The van der Waals surface area contributed by atoms with Crippen LogP contribution in [0.2, 0.25) is 0 Å². The topological polar surface area (TPSA) is 57.6 Å². The molecule has 1 aliphatic heterocycles. The third-order valence-corrected chi connectivity index (χ3v) is 5.48. The van der Waals surface area contributed by atoms with Gasteiger partial charge < -0.3 is 5.11 Å². The molecule has 4 nitrogen and oxygen atoms in total. The zero-order valence-corrected chi connectivity index (χ0v) is 11.9. The molecule has 0 radical (unpaired) electrons. The third-order valence-electron chi connectivity index (χ3n) is 3.58. The van der Waals surface area contributed by atoms with Gasteiger partial charge >= 0.3 is 0 Å². The van der Waals surface area contributed by atoms with Crippen molar-refractivity contribution in [2.45, 2.75) is 37.2 Å². The van der Waals surface area contributed by atoms with E-state index < -0.39 is 21.4 Å². The minimum Gasteiger partial charge on any atom is -0.390 e. The highest BCUT2D eigenvalue weighted by atomic mass is 32.2. The van der Waals surface area contributed by atoms with Crippen molar-refractivity contribution in [3.05, 3.63) is 29.6 Å². The van der Waals surface area contributed by atoms with E-state index in [9.17, 15) is 17.9 Å². The Balaban J connectivity index is 2.25. The lowest BCUT2D eigenvalue weighted by Gasteiger charge is -2.34. The summed E-state index contributed by atoms with van der Waals surface area (Å²) in [6, 6.07) is 3.93. The molecule has 6 heteroatoms. The summed E-state index contributed by atoms with van der Waals surface area (Å²) in [5, 5.41) is 9.83. The number of piperidine rings is 1. The van der Waals surface area contributed by atoms with Gasteiger partial charge in [-0.15, -0.1) is 0 Å². The second-order valence-electron chi connectivity index (χ2n) is 5.31. The number of rotatable bonds is 2. The summed E-state index contributed by atoms with van der Waals surface area (Å²) in [4.78, 5) is -0.0304. The Kier molecular flexibility index (Phi) is 3.68. The number of hydrogen-bond donors (Lipinski definition) is 1. The van der Waals surface area contributed by atoms with E-state index in [2.05, 4.69) is 0 Å². The van der Waals surface area contributed by atoms with Crippen LogP contribution in [-0.4, -0.2) is 36.5 Å². The fourth-order valence-corrected chi connectivity index (χ4v) is 3.55. The number of sulfonamides is 1. The Labute approximate surface area is 112 Å². The highest BCUT2D eigenvalue weighted by Crippen LogP contribution is 2.26. The van der Waals surface area contributed by atoms with Crippen LogP contribution in [0.15, 0.2) is 23.1 Å². The fourth-order valence-electron chi connectivity index (χ4n) is 2.09. The second kappa shape index (κ2) is 4.85. The third kappa shape index (κ3) is 2.96. The molecule has 0 unspecified atom stereocenters. The molecule has 1 aromatic carbocycles. The smallest absolute Gasteiger partial charge is 0.243 e. The van der Waals surface area contributed by atoms with E-state index in [1.807, 2.05) is 0 Å². The Morgan fingerprint density at radius 2 is 1.89 bits per heavy atom. The first kappa shape index (κ1) is 14.4. The highest BCUT2D eigenvalue weighted by molar-refractivity contribution is 7.89. The van der Waals surface area contributed by atoms with Crippen LogP contribution in [-0.2, 0) is 10.0 Å². The molecule has 0 aromatic heterocycles. The predicted octanol–water partition coefficient (Wildman–Crippen LogP) is 1.67. The predicted molar refractivity (Wildman–Crippen MR) is 69.8 cm³/mol. The Morgan fingerprint density at radius 1 is 1.32 bits per heavy atom. The van der Waals surface area contributed by atoms with Crippen LogP contribution in [0.3, 0.4) is 0 Å². The summed E-state index contributed by atoms with van der Waals surface area (Å²) in [6.07, 6.45) is 0.779. The van der Waals surface area contributed by atoms with Crippen molar-refractivity contribution in [1.82, 2.24) is 4.31 Å². The molecule has 1 N–H and O–H groups in total. The standard InChI is InChI=1S/C13H18FNO3S/c1-10-3-4-11(9-12(10)14)19(17,18)15-7-5-13(2,16)6-8-15/h3-4,9,16H,5-8H2,1-2H3. The summed E-state index contributed by atoms with van der Waals surface area (Å²) in [6.45, 7) is 3.79. The largest absolute Gasteiger partial charge is 0.390 e.